The predicted molar refractivity (Wildman–Crippen MR) is 54.1 cm³/mol. The summed E-state index contributed by atoms with van der Waals surface area (Å²) in [6.07, 6.45) is 2.91. The zero-order valence-corrected chi connectivity index (χ0v) is 8.79. The van der Waals surface area contributed by atoms with Crippen LogP contribution in [0.3, 0.4) is 0 Å². The van der Waals surface area contributed by atoms with Gasteiger partial charge in [-0.05, 0) is 6.92 Å². The maximum atomic E-state index is 5.45. The Bertz CT molecular complexity index is 308. The summed E-state index contributed by atoms with van der Waals surface area (Å²) < 4.78 is 7.54. The summed E-state index contributed by atoms with van der Waals surface area (Å²) in [5, 5.41) is 3.45. The molecule has 78 valence electrons. The topological polar surface area (TPSA) is 39.1 Å². The third-order valence-electron chi connectivity index (χ3n) is 2.63. The van der Waals surface area contributed by atoms with Crippen molar-refractivity contribution in [3.8, 4) is 0 Å². The van der Waals surface area contributed by atoms with Gasteiger partial charge in [0.1, 0.15) is 0 Å². The molecule has 1 N–H and O–H groups in total. The van der Waals surface area contributed by atoms with Crippen molar-refractivity contribution in [1.29, 1.82) is 0 Å². The van der Waals surface area contributed by atoms with Crippen molar-refractivity contribution >= 4 is 0 Å². The third kappa shape index (κ3) is 1.67. The molecule has 4 nitrogen and oxygen atoms in total. The number of fused-ring (bicyclic) bond motifs is 1. The Balaban J connectivity index is 2.16. The van der Waals surface area contributed by atoms with E-state index >= 15 is 0 Å². The van der Waals surface area contributed by atoms with E-state index in [2.05, 4.69) is 14.9 Å². The summed E-state index contributed by atoms with van der Waals surface area (Å²) >= 11 is 0. The van der Waals surface area contributed by atoms with Crippen molar-refractivity contribution in [3.05, 3.63) is 17.7 Å². The molecule has 0 saturated carbocycles. The zero-order valence-electron chi connectivity index (χ0n) is 8.79. The van der Waals surface area contributed by atoms with Gasteiger partial charge in [0, 0.05) is 26.6 Å². The summed E-state index contributed by atoms with van der Waals surface area (Å²) in [6.45, 7) is 4.53. The quantitative estimate of drug-likeness (QED) is 0.769. The van der Waals surface area contributed by atoms with Crippen LogP contribution in [0, 0.1) is 0 Å². The lowest BCUT2D eigenvalue weighted by molar-refractivity contribution is 0.119. The van der Waals surface area contributed by atoms with Crippen molar-refractivity contribution in [3.63, 3.8) is 0 Å². The molecule has 0 aromatic carbocycles. The lowest BCUT2D eigenvalue weighted by Crippen LogP contribution is -2.34. The van der Waals surface area contributed by atoms with Gasteiger partial charge >= 0.3 is 0 Å². The Hall–Kier alpha value is -0.870. The normalized spacial score (nSPS) is 20.9. The first kappa shape index (κ1) is 9.68. The molecule has 2 rings (SSSR count). The van der Waals surface area contributed by atoms with Gasteiger partial charge in [-0.2, -0.15) is 0 Å². The lowest BCUT2D eigenvalue weighted by Gasteiger charge is -2.24. The highest BCUT2D eigenvalue weighted by atomic mass is 16.5. The van der Waals surface area contributed by atoms with Crippen molar-refractivity contribution in [2.45, 2.75) is 19.4 Å². The Morgan fingerprint density at radius 1 is 1.71 bits per heavy atom. The minimum atomic E-state index is 0.311. The summed E-state index contributed by atoms with van der Waals surface area (Å²) in [4.78, 5) is 4.38. The fourth-order valence-corrected chi connectivity index (χ4v) is 1.96. The van der Waals surface area contributed by atoms with E-state index < -0.39 is 0 Å². The van der Waals surface area contributed by atoms with Gasteiger partial charge < -0.3 is 14.6 Å². The van der Waals surface area contributed by atoms with Crippen molar-refractivity contribution in [2.24, 2.45) is 7.05 Å². The van der Waals surface area contributed by atoms with Crippen molar-refractivity contribution in [1.82, 2.24) is 14.9 Å². The molecule has 1 aliphatic heterocycles. The Morgan fingerprint density at radius 2 is 2.57 bits per heavy atom. The van der Waals surface area contributed by atoms with Gasteiger partial charge in [0.25, 0.3) is 0 Å². The van der Waals surface area contributed by atoms with Gasteiger partial charge in [-0.3, -0.25) is 0 Å². The highest BCUT2D eigenvalue weighted by Gasteiger charge is 2.23. The first-order valence-corrected chi connectivity index (χ1v) is 5.14. The summed E-state index contributed by atoms with van der Waals surface area (Å²) in [7, 11) is 2.04. The number of hydrogen-bond acceptors (Lipinski definition) is 3. The summed E-state index contributed by atoms with van der Waals surface area (Å²) in [5.41, 5.74) is 2.50. The van der Waals surface area contributed by atoms with E-state index in [1.807, 2.05) is 20.3 Å². The van der Waals surface area contributed by atoms with E-state index in [1.165, 1.54) is 11.4 Å². The van der Waals surface area contributed by atoms with E-state index in [9.17, 15) is 0 Å². The number of aromatic nitrogens is 2. The van der Waals surface area contributed by atoms with Gasteiger partial charge in [0.05, 0.1) is 30.4 Å². The molecule has 0 bridgehead atoms. The number of hydrogen-bond donors (Lipinski definition) is 1. The van der Waals surface area contributed by atoms with Crippen LogP contribution in [0.4, 0.5) is 0 Å². The Labute approximate surface area is 84.3 Å². The zero-order chi connectivity index (χ0) is 9.97. The highest BCUT2D eigenvalue weighted by Crippen LogP contribution is 2.21. The second-order valence-electron chi connectivity index (χ2n) is 3.60. The maximum Gasteiger partial charge on any atom is 0.0949 e. The molecule has 1 aromatic heterocycles. The molecule has 0 aliphatic carbocycles. The van der Waals surface area contributed by atoms with Crippen LogP contribution >= 0.6 is 0 Å². The van der Waals surface area contributed by atoms with E-state index in [0.29, 0.717) is 6.04 Å². The molecule has 4 heteroatoms. The molecule has 1 aromatic rings. The first-order valence-electron chi connectivity index (χ1n) is 5.14. The fourth-order valence-electron chi connectivity index (χ4n) is 1.96. The molecule has 1 unspecified atom stereocenters. The van der Waals surface area contributed by atoms with E-state index in [4.69, 9.17) is 4.74 Å². The maximum absolute atomic E-state index is 5.45. The van der Waals surface area contributed by atoms with Crippen LogP contribution in [-0.2, 0) is 18.2 Å². The smallest absolute Gasteiger partial charge is 0.0949 e. The molecular weight excluding hydrogens is 178 g/mol. The monoisotopic (exact) mass is 195 g/mol. The van der Waals surface area contributed by atoms with Gasteiger partial charge in [0.2, 0.25) is 0 Å². The molecule has 0 spiro atoms. The number of imidazole rings is 1. The van der Waals surface area contributed by atoms with Crippen molar-refractivity contribution in [2.75, 3.05) is 19.8 Å². The average Bonchev–Trinajstić information content (AvgIpc) is 2.58. The standard InChI is InChI=1S/C10H17N3O/c1-3-14-6-9-10-8(4-5-11-9)12-7-13(10)2/h7,9,11H,3-6H2,1-2H3. The van der Waals surface area contributed by atoms with Crippen molar-refractivity contribution < 1.29 is 4.74 Å². The van der Waals surface area contributed by atoms with Crippen LogP contribution in [0.5, 0.6) is 0 Å². The van der Waals surface area contributed by atoms with Gasteiger partial charge in [-0.15, -0.1) is 0 Å². The molecule has 14 heavy (non-hydrogen) atoms. The van der Waals surface area contributed by atoms with E-state index in [0.717, 1.165) is 26.2 Å². The lowest BCUT2D eigenvalue weighted by atomic mass is 10.1. The fraction of sp³-hybridized carbons (Fsp3) is 0.700. The Morgan fingerprint density at radius 3 is 3.36 bits per heavy atom. The molecule has 0 saturated heterocycles. The minimum Gasteiger partial charge on any atom is -0.380 e. The van der Waals surface area contributed by atoms with E-state index in [1.54, 1.807) is 0 Å². The van der Waals surface area contributed by atoms with Crippen LogP contribution in [-0.4, -0.2) is 29.3 Å². The first-order chi connectivity index (χ1) is 6.83. The number of rotatable bonds is 3. The van der Waals surface area contributed by atoms with Crippen LogP contribution < -0.4 is 5.32 Å². The molecule has 2 heterocycles. The van der Waals surface area contributed by atoms with Crippen LogP contribution in [0.2, 0.25) is 0 Å². The number of nitrogens with one attached hydrogen (secondary N) is 1. The third-order valence-corrected chi connectivity index (χ3v) is 2.63. The van der Waals surface area contributed by atoms with Crippen LogP contribution in [0.25, 0.3) is 0 Å². The molecule has 1 aliphatic rings. The largest absolute Gasteiger partial charge is 0.380 e. The highest BCUT2D eigenvalue weighted by molar-refractivity contribution is 5.20. The van der Waals surface area contributed by atoms with Gasteiger partial charge in [-0.25, -0.2) is 4.98 Å². The number of nitrogens with zero attached hydrogens (tertiary/aromatic N) is 2. The van der Waals surface area contributed by atoms with Crippen LogP contribution in [0.15, 0.2) is 6.33 Å². The molecule has 0 radical (unpaired) electrons. The second kappa shape index (κ2) is 4.11. The average molecular weight is 195 g/mol. The predicted octanol–water partition coefficient (Wildman–Crippen LogP) is 0.643. The second-order valence-corrected chi connectivity index (χ2v) is 3.60. The molecule has 0 fully saturated rings. The minimum absolute atomic E-state index is 0.311. The van der Waals surface area contributed by atoms with Gasteiger partial charge in [0.15, 0.2) is 0 Å². The molecular formula is C10H17N3O. The van der Waals surface area contributed by atoms with Crippen LogP contribution in [0.1, 0.15) is 24.4 Å². The molecule has 1 atom stereocenters. The number of aryl methyl sites for hydroxylation is 1. The SMILES string of the molecule is CCOCC1NCCc2ncn(C)c21. The van der Waals surface area contributed by atoms with E-state index in [-0.39, 0.29) is 0 Å². The molecule has 0 amide bonds. The summed E-state index contributed by atoms with van der Waals surface area (Å²) in [6, 6.07) is 0.311. The number of ether oxygens (including phenoxy) is 1. The summed E-state index contributed by atoms with van der Waals surface area (Å²) in [5.74, 6) is 0. The Kier molecular flexibility index (Phi) is 2.84. The van der Waals surface area contributed by atoms with Gasteiger partial charge in [-0.1, -0.05) is 0 Å².